The van der Waals surface area contributed by atoms with Gasteiger partial charge in [0.25, 0.3) is 0 Å². The Morgan fingerprint density at radius 2 is 1.91 bits per heavy atom. The molecule has 2 atom stereocenters. The lowest BCUT2D eigenvalue weighted by atomic mass is 10.1. The summed E-state index contributed by atoms with van der Waals surface area (Å²) in [5.74, 6) is 0. The zero-order valence-electron chi connectivity index (χ0n) is 13.6. The molecule has 0 N–H and O–H groups in total. The number of hydrogen-bond acceptors (Lipinski definition) is 4. The number of carbonyl (C=O) groups excluding carboxylic acids is 2. The molecular formula is C17H22ClNO4. The summed E-state index contributed by atoms with van der Waals surface area (Å²) >= 11 is 5.63. The van der Waals surface area contributed by atoms with E-state index < -0.39 is 17.4 Å². The van der Waals surface area contributed by atoms with Gasteiger partial charge >= 0.3 is 6.09 Å². The van der Waals surface area contributed by atoms with Crippen LogP contribution in [0.15, 0.2) is 30.3 Å². The number of likely N-dealkylation sites (tertiary alicyclic amines) is 1. The molecule has 1 amide bonds. The van der Waals surface area contributed by atoms with Crippen LogP contribution in [0.25, 0.3) is 0 Å². The third-order valence-corrected chi connectivity index (χ3v) is 3.74. The Bertz CT molecular complexity index is 555. The summed E-state index contributed by atoms with van der Waals surface area (Å²) in [6.07, 6.45) is -0.389. The lowest BCUT2D eigenvalue weighted by molar-refractivity contribution is -0.115. The van der Waals surface area contributed by atoms with Gasteiger partial charge < -0.3 is 9.47 Å². The molecule has 1 fully saturated rings. The number of hydrogen-bond donors (Lipinski definition) is 0. The predicted octanol–water partition coefficient (Wildman–Crippen LogP) is 3.35. The van der Waals surface area contributed by atoms with E-state index in [0.29, 0.717) is 13.0 Å². The first-order valence-corrected chi connectivity index (χ1v) is 7.98. The summed E-state index contributed by atoms with van der Waals surface area (Å²) in [6, 6.07) is 8.67. The van der Waals surface area contributed by atoms with Crippen molar-refractivity contribution in [3.8, 4) is 0 Å². The molecule has 0 bridgehead atoms. The molecular weight excluding hydrogens is 318 g/mol. The van der Waals surface area contributed by atoms with Crippen molar-refractivity contribution in [1.29, 1.82) is 0 Å². The minimum absolute atomic E-state index is 0.157. The van der Waals surface area contributed by atoms with E-state index in [4.69, 9.17) is 21.1 Å². The Morgan fingerprint density at radius 3 is 2.48 bits per heavy atom. The standard InChI is InChI=1S/C17H22ClNO4/c1-17(2,3)23-13-9-14(15(18)20)19(10-13)16(21)22-11-12-7-5-4-6-8-12/h4-8,13-14H,9-11H2,1-3H3/t13-,14+/m1/s1. The molecule has 1 aromatic rings. The summed E-state index contributed by atoms with van der Waals surface area (Å²) in [7, 11) is 0. The number of benzene rings is 1. The molecule has 0 aromatic heterocycles. The van der Waals surface area contributed by atoms with Crippen molar-refractivity contribution in [1.82, 2.24) is 4.90 Å². The van der Waals surface area contributed by atoms with E-state index in [0.717, 1.165) is 5.56 Å². The number of nitrogens with zero attached hydrogens (tertiary/aromatic N) is 1. The molecule has 23 heavy (non-hydrogen) atoms. The van der Waals surface area contributed by atoms with Gasteiger partial charge in [-0.3, -0.25) is 9.69 Å². The molecule has 1 heterocycles. The van der Waals surface area contributed by atoms with Crippen LogP contribution < -0.4 is 0 Å². The molecule has 1 aliphatic heterocycles. The van der Waals surface area contributed by atoms with E-state index >= 15 is 0 Å². The van der Waals surface area contributed by atoms with Gasteiger partial charge in [-0.25, -0.2) is 4.79 Å². The second-order valence-corrected chi connectivity index (χ2v) is 6.97. The highest BCUT2D eigenvalue weighted by Crippen LogP contribution is 2.26. The Balaban J connectivity index is 1.97. The summed E-state index contributed by atoms with van der Waals surface area (Å²) in [5, 5.41) is -0.568. The highest BCUT2D eigenvalue weighted by Gasteiger charge is 2.41. The lowest BCUT2D eigenvalue weighted by Crippen LogP contribution is -2.39. The van der Waals surface area contributed by atoms with Crippen molar-refractivity contribution in [3.63, 3.8) is 0 Å². The molecule has 0 aliphatic carbocycles. The monoisotopic (exact) mass is 339 g/mol. The van der Waals surface area contributed by atoms with Crippen molar-refractivity contribution >= 4 is 22.9 Å². The highest BCUT2D eigenvalue weighted by molar-refractivity contribution is 6.64. The summed E-state index contributed by atoms with van der Waals surface area (Å²) < 4.78 is 11.2. The third kappa shape index (κ3) is 5.22. The van der Waals surface area contributed by atoms with Gasteiger partial charge in [0.15, 0.2) is 0 Å². The normalized spacial score (nSPS) is 21.3. The molecule has 0 radical (unpaired) electrons. The van der Waals surface area contributed by atoms with Gasteiger partial charge in [-0.05, 0) is 37.9 Å². The van der Waals surface area contributed by atoms with Crippen molar-refractivity contribution in [2.24, 2.45) is 0 Å². The molecule has 2 rings (SSSR count). The maximum Gasteiger partial charge on any atom is 0.410 e. The first kappa shape index (κ1) is 17.8. The van der Waals surface area contributed by atoms with E-state index in [2.05, 4.69) is 0 Å². The van der Waals surface area contributed by atoms with Crippen LogP contribution in [-0.4, -0.2) is 40.5 Å². The average Bonchev–Trinajstić information content (AvgIpc) is 2.88. The first-order chi connectivity index (χ1) is 10.8. The van der Waals surface area contributed by atoms with Crippen molar-refractivity contribution in [2.75, 3.05) is 6.54 Å². The molecule has 0 spiro atoms. The second-order valence-electron chi connectivity index (χ2n) is 6.60. The fourth-order valence-electron chi connectivity index (χ4n) is 2.60. The largest absolute Gasteiger partial charge is 0.445 e. The molecule has 6 heteroatoms. The summed E-state index contributed by atoms with van der Waals surface area (Å²) in [4.78, 5) is 25.2. The Labute approximate surface area is 141 Å². The molecule has 5 nitrogen and oxygen atoms in total. The van der Waals surface area contributed by atoms with Crippen LogP contribution >= 0.6 is 11.6 Å². The van der Waals surface area contributed by atoms with Gasteiger partial charge in [-0.1, -0.05) is 30.3 Å². The number of carbonyl (C=O) groups is 2. The summed E-state index contributed by atoms with van der Waals surface area (Å²) in [5.41, 5.74) is 0.533. The van der Waals surface area contributed by atoms with E-state index in [1.165, 1.54) is 4.90 Å². The van der Waals surface area contributed by atoms with Gasteiger partial charge in [0.2, 0.25) is 5.24 Å². The Kier molecular flexibility index (Phi) is 5.65. The highest BCUT2D eigenvalue weighted by atomic mass is 35.5. The average molecular weight is 340 g/mol. The minimum atomic E-state index is -0.702. The molecule has 1 aromatic carbocycles. The predicted molar refractivity (Wildman–Crippen MR) is 87.2 cm³/mol. The fourth-order valence-corrected chi connectivity index (χ4v) is 2.81. The van der Waals surface area contributed by atoms with Crippen molar-refractivity contribution in [3.05, 3.63) is 35.9 Å². The molecule has 1 aliphatic rings. The quantitative estimate of drug-likeness (QED) is 0.789. The zero-order valence-corrected chi connectivity index (χ0v) is 14.4. The smallest absolute Gasteiger partial charge is 0.410 e. The minimum Gasteiger partial charge on any atom is -0.445 e. The maximum absolute atomic E-state index is 12.3. The number of halogens is 1. The van der Waals surface area contributed by atoms with E-state index in [-0.39, 0.29) is 18.3 Å². The van der Waals surface area contributed by atoms with E-state index in [1.54, 1.807) is 0 Å². The number of amides is 1. The molecule has 0 saturated carbocycles. The van der Waals surface area contributed by atoms with Crippen LogP contribution in [0.5, 0.6) is 0 Å². The Hall–Kier alpha value is -1.59. The number of rotatable bonds is 4. The lowest BCUT2D eigenvalue weighted by Gasteiger charge is -2.24. The van der Waals surface area contributed by atoms with Crippen LogP contribution in [0.3, 0.4) is 0 Å². The van der Waals surface area contributed by atoms with E-state index in [9.17, 15) is 9.59 Å². The van der Waals surface area contributed by atoms with Crippen LogP contribution in [0.1, 0.15) is 32.8 Å². The third-order valence-electron chi connectivity index (χ3n) is 3.48. The van der Waals surface area contributed by atoms with Crippen LogP contribution in [0.4, 0.5) is 4.79 Å². The van der Waals surface area contributed by atoms with Gasteiger partial charge in [-0.2, -0.15) is 0 Å². The van der Waals surface area contributed by atoms with Crippen LogP contribution in [-0.2, 0) is 20.9 Å². The van der Waals surface area contributed by atoms with Crippen molar-refractivity contribution in [2.45, 2.75) is 51.5 Å². The van der Waals surface area contributed by atoms with Gasteiger partial charge in [0, 0.05) is 6.42 Å². The molecule has 126 valence electrons. The van der Waals surface area contributed by atoms with Gasteiger partial charge in [0.05, 0.1) is 18.2 Å². The molecule has 0 unspecified atom stereocenters. The van der Waals surface area contributed by atoms with Crippen molar-refractivity contribution < 1.29 is 19.1 Å². The molecule has 1 saturated heterocycles. The topological polar surface area (TPSA) is 55.8 Å². The van der Waals surface area contributed by atoms with Crippen LogP contribution in [0.2, 0.25) is 0 Å². The SMILES string of the molecule is CC(C)(C)O[C@@H]1C[C@@H](C(=O)Cl)N(C(=O)OCc2ccccc2)C1. The maximum atomic E-state index is 12.3. The Morgan fingerprint density at radius 1 is 1.26 bits per heavy atom. The van der Waals surface area contributed by atoms with Crippen LogP contribution in [0, 0.1) is 0 Å². The second kappa shape index (κ2) is 7.32. The number of ether oxygens (including phenoxy) is 2. The summed E-state index contributed by atoms with van der Waals surface area (Å²) in [6.45, 7) is 6.25. The first-order valence-electron chi connectivity index (χ1n) is 7.61. The van der Waals surface area contributed by atoms with E-state index in [1.807, 2.05) is 51.1 Å². The van der Waals surface area contributed by atoms with Gasteiger partial charge in [0.1, 0.15) is 12.6 Å². The zero-order chi connectivity index (χ0) is 17.0. The van der Waals surface area contributed by atoms with Gasteiger partial charge in [-0.15, -0.1) is 0 Å². The fraction of sp³-hybridized carbons (Fsp3) is 0.529.